The third kappa shape index (κ3) is 10.8. The van der Waals surface area contributed by atoms with Gasteiger partial charge in [0.25, 0.3) is 0 Å². The van der Waals surface area contributed by atoms with E-state index in [-0.39, 0.29) is 63.8 Å². The maximum atomic E-state index is 14.9. The van der Waals surface area contributed by atoms with Gasteiger partial charge in [-0.3, -0.25) is 4.90 Å². The molecule has 2 amide bonds. The number of amides is 2. The molecule has 1 fully saturated rings. The van der Waals surface area contributed by atoms with Crippen LogP contribution in [0.4, 0.5) is 9.59 Å². The van der Waals surface area contributed by atoms with Crippen LogP contribution in [0, 0.1) is 17.8 Å². The molecular formula is C53H63N3O9. The number of oxime groups is 1. The quantitative estimate of drug-likeness (QED) is 0.0399. The molecule has 4 aromatic rings. The Morgan fingerprint density at radius 1 is 0.938 bits per heavy atom. The summed E-state index contributed by atoms with van der Waals surface area (Å²) >= 11 is 0. The lowest BCUT2D eigenvalue weighted by molar-refractivity contribution is -0.256. The van der Waals surface area contributed by atoms with Crippen LogP contribution in [0.5, 0.6) is 11.5 Å². The standard InChI is InChI=1S/C53H63N3O9/c1-4-7-31-61-52(60)56(35-40-23-17-22-38-20-11-12-24-42(38)40)48-34-46(55-63-36-37-18-9-8-10-19-37)44-32-39(21-13-15-28-57)43(25-14-16-29-58)49-45-33-41(64-51(59)54-6-3)26-27-47(45)65-53(48,50(44)49)62-30-5-2/h4-5,8-12,17-20,22-24,26-27,32-33,39,43,48-50,57-58H,1-2,6-7,13-16,21,25,28-31,34-36H2,3H3,(H,54,59). The number of rotatable bonds is 22. The lowest BCUT2D eigenvalue weighted by atomic mass is 9.55. The van der Waals surface area contributed by atoms with E-state index >= 15 is 0 Å². The third-order valence-corrected chi connectivity index (χ3v) is 12.8. The van der Waals surface area contributed by atoms with Crippen LogP contribution in [0.2, 0.25) is 0 Å². The van der Waals surface area contributed by atoms with Gasteiger partial charge in [-0.05, 0) is 96.5 Å². The van der Waals surface area contributed by atoms with Gasteiger partial charge in [0.2, 0.25) is 5.79 Å². The number of aliphatic hydroxyl groups is 2. The number of fused-ring (bicyclic) bond motifs is 3. The predicted octanol–water partition coefficient (Wildman–Crippen LogP) is 10.00. The molecule has 1 aliphatic heterocycles. The number of nitrogens with zero attached hydrogens (tertiary/aromatic N) is 2. The minimum Gasteiger partial charge on any atom is -0.459 e. The van der Waals surface area contributed by atoms with Gasteiger partial charge < -0.3 is 39.3 Å². The minimum absolute atomic E-state index is 0.0130. The van der Waals surface area contributed by atoms with Gasteiger partial charge in [-0.1, -0.05) is 109 Å². The Labute approximate surface area is 382 Å². The first kappa shape index (κ1) is 47.0. The molecule has 0 saturated heterocycles. The van der Waals surface area contributed by atoms with Gasteiger partial charge in [0.1, 0.15) is 24.1 Å². The number of hydrogen-bond donors (Lipinski definition) is 3. The summed E-state index contributed by atoms with van der Waals surface area (Å²) in [5.41, 5.74) is 4.25. The Morgan fingerprint density at radius 2 is 1.71 bits per heavy atom. The van der Waals surface area contributed by atoms with Crippen molar-refractivity contribution >= 4 is 28.7 Å². The molecule has 7 rings (SSSR count). The molecule has 1 saturated carbocycles. The van der Waals surface area contributed by atoms with Gasteiger partial charge in [0.05, 0.1) is 31.4 Å². The van der Waals surface area contributed by atoms with Gasteiger partial charge in [-0.25, -0.2) is 9.59 Å². The summed E-state index contributed by atoms with van der Waals surface area (Å²) in [7, 11) is 0. The average Bonchev–Trinajstić information content (AvgIpc) is 3.32. The normalized spacial score (nSPS) is 22.4. The first-order chi connectivity index (χ1) is 31.8. The summed E-state index contributed by atoms with van der Waals surface area (Å²) in [5, 5.41) is 29.7. The van der Waals surface area contributed by atoms with Gasteiger partial charge in [0, 0.05) is 37.7 Å². The third-order valence-electron chi connectivity index (χ3n) is 12.8. The highest BCUT2D eigenvalue weighted by molar-refractivity contribution is 6.03. The van der Waals surface area contributed by atoms with Crippen molar-refractivity contribution in [2.45, 2.75) is 89.2 Å². The van der Waals surface area contributed by atoms with E-state index in [2.05, 4.69) is 42.7 Å². The molecule has 0 radical (unpaired) electrons. The fourth-order valence-corrected chi connectivity index (χ4v) is 9.99. The van der Waals surface area contributed by atoms with Crippen LogP contribution in [0.25, 0.3) is 10.8 Å². The SMILES string of the molecule is C=CCCOC(=O)N(Cc1cccc2ccccc12)C1CC(=NOCc2ccccc2)C2=CC(CCCCO)C(CCCCO)C3c4cc(OC(=O)NCC)ccc4OC1(OCC=C)C23. The lowest BCUT2D eigenvalue weighted by Gasteiger charge is -2.59. The highest BCUT2D eigenvalue weighted by Crippen LogP contribution is 2.62. The zero-order valence-electron chi connectivity index (χ0n) is 37.4. The second-order valence-corrected chi connectivity index (χ2v) is 16.9. The highest BCUT2D eigenvalue weighted by Gasteiger charge is 2.65. The number of carbonyl (C=O) groups is 2. The zero-order valence-corrected chi connectivity index (χ0v) is 37.4. The molecule has 12 heteroatoms. The Hall–Kier alpha value is -5.95. The maximum absolute atomic E-state index is 14.9. The van der Waals surface area contributed by atoms with Crippen LogP contribution in [0.3, 0.4) is 0 Å². The summed E-state index contributed by atoms with van der Waals surface area (Å²) in [6.07, 6.45) is 9.59. The second-order valence-electron chi connectivity index (χ2n) is 16.9. The molecule has 12 nitrogen and oxygen atoms in total. The Bertz CT molecular complexity index is 2310. The molecule has 3 N–H and O–H groups in total. The van der Waals surface area contributed by atoms with Crippen molar-refractivity contribution in [3.05, 3.63) is 145 Å². The summed E-state index contributed by atoms with van der Waals surface area (Å²) in [6, 6.07) is 28.6. The van der Waals surface area contributed by atoms with Crippen molar-refractivity contribution in [1.29, 1.82) is 0 Å². The number of unbranched alkanes of at least 4 members (excludes halogenated alkanes) is 2. The average molecular weight is 886 g/mol. The van der Waals surface area contributed by atoms with Crippen LogP contribution in [0.15, 0.2) is 133 Å². The summed E-state index contributed by atoms with van der Waals surface area (Å²) < 4.78 is 26.5. The molecule has 3 aliphatic rings. The van der Waals surface area contributed by atoms with E-state index in [4.69, 9.17) is 28.9 Å². The Morgan fingerprint density at radius 3 is 2.48 bits per heavy atom. The largest absolute Gasteiger partial charge is 0.459 e. The van der Waals surface area contributed by atoms with Crippen molar-refractivity contribution in [1.82, 2.24) is 10.2 Å². The second kappa shape index (κ2) is 22.8. The van der Waals surface area contributed by atoms with E-state index in [9.17, 15) is 19.8 Å². The summed E-state index contributed by atoms with van der Waals surface area (Å²) in [4.78, 5) is 35.8. The number of allylic oxidation sites excluding steroid dienone is 1. The van der Waals surface area contributed by atoms with Gasteiger partial charge in [-0.15, -0.1) is 13.2 Å². The highest BCUT2D eigenvalue weighted by atomic mass is 16.7. The van der Waals surface area contributed by atoms with Crippen LogP contribution in [-0.2, 0) is 27.5 Å². The first-order valence-corrected chi connectivity index (χ1v) is 23.1. The number of carbonyl (C=O) groups excluding carboxylic acids is 2. The number of ether oxygens (including phenoxy) is 4. The topological polar surface area (TPSA) is 148 Å². The van der Waals surface area contributed by atoms with E-state index in [0.717, 1.165) is 58.7 Å². The maximum Gasteiger partial charge on any atom is 0.412 e. The van der Waals surface area contributed by atoms with E-state index in [1.165, 1.54) is 0 Å². The molecule has 6 unspecified atom stereocenters. The number of nitrogens with one attached hydrogen (secondary N) is 1. The molecule has 2 aliphatic carbocycles. The molecule has 0 aromatic heterocycles. The molecule has 0 bridgehead atoms. The van der Waals surface area contributed by atoms with Crippen LogP contribution in [0.1, 0.15) is 80.9 Å². The number of aliphatic hydroxyl groups excluding tert-OH is 2. The first-order valence-electron chi connectivity index (χ1n) is 23.1. The van der Waals surface area contributed by atoms with E-state index < -0.39 is 29.9 Å². The van der Waals surface area contributed by atoms with E-state index in [1.54, 1.807) is 23.1 Å². The fourth-order valence-electron chi connectivity index (χ4n) is 9.99. The van der Waals surface area contributed by atoms with Crippen LogP contribution < -0.4 is 14.8 Å². The van der Waals surface area contributed by atoms with Crippen LogP contribution >= 0.6 is 0 Å². The molecular weight excluding hydrogens is 823 g/mol. The number of benzene rings is 4. The minimum atomic E-state index is -1.52. The summed E-state index contributed by atoms with van der Waals surface area (Å²) in [5.74, 6) is -1.54. The molecule has 344 valence electrons. The zero-order chi connectivity index (χ0) is 45.6. The molecule has 4 aromatic carbocycles. The predicted molar refractivity (Wildman–Crippen MR) is 252 cm³/mol. The molecule has 1 heterocycles. The van der Waals surface area contributed by atoms with E-state index in [1.807, 2.05) is 73.7 Å². The van der Waals surface area contributed by atoms with Gasteiger partial charge in [0.15, 0.2) is 0 Å². The fraction of sp³-hybridized carbons (Fsp3) is 0.415. The molecule has 6 atom stereocenters. The van der Waals surface area contributed by atoms with Gasteiger partial charge in [-0.2, -0.15) is 0 Å². The van der Waals surface area contributed by atoms with Crippen molar-refractivity contribution in [2.75, 3.05) is 33.0 Å². The van der Waals surface area contributed by atoms with Crippen molar-refractivity contribution in [2.24, 2.45) is 22.9 Å². The summed E-state index contributed by atoms with van der Waals surface area (Å²) in [6.45, 7) is 10.9. The Kier molecular flexibility index (Phi) is 16.5. The lowest BCUT2D eigenvalue weighted by Crippen LogP contribution is -2.70. The van der Waals surface area contributed by atoms with E-state index in [0.29, 0.717) is 43.0 Å². The monoisotopic (exact) mass is 885 g/mol. The van der Waals surface area contributed by atoms with Gasteiger partial charge >= 0.3 is 12.2 Å². The smallest absolute Gasteiger partial charge is 0.412 e. The molecule has 65 heavy (non-hydrogen) atoms. The Balaban J connectivity index is 1.47. The van der Waals surface area contributed by atoms with Crippen molar-refractivity contribution in [3.8, 4) is 11.5 Å². The van der Waals surface area contributed by atoms with Crippen molar-refractivity contribution in [3.63, 3.8) is 0 Å². The van der Waals surface area contributed by atoms with Crippen molar-refractivity contribution < 1.29 is 43.6 Å². The van der Waals surface area contributed by atoms with Crippen LogP contribution in [-0.4, -0.2) is 77.8 Å². The number of hydrogen-bond acceptors (Lipinski definition) is 10. The molecule has 0 spiro atoms.